The van der Waals surface area contributed by atoms with Gasteiger partial charge in [0.15, 0.2) is 5.69 Å². The summed E-state index contributed by atoms with van der Waals surface area (Å²) in [6.07, 6.45) is 1.49. The quantitative estimate of drug-likeness (QED) is 0.707. The van der Waals surface area contributed by atoms with Crippen LogP contribution in [0.3, 0.4) is 0 Å². The van der Waals surface area contributed by atoms with Gasteiger partial charge in [-0.1, -0.05) is 17.4 Å². The Hall–Kier alpha value is -2.18. The van der Waals surface area contributed by atoms with Gasteiger partial charge in [0.05, 0.1) is 6.20 Å². The lowest BCUT2D eigenvalue weighted by Gasteiger charge is -2.19. The van der Waals surface area contributed by atoms with Crippen molar-refractivity contribution in [3.63, 3.8) is 0 Å². The van der Waals surface area contributed by atoms with Crippen molar-refractivity contribution < 1.29 is 9.59 Å². The molecule has 0 bridgehead atoms. The number of carbonyl (C=O) groups is 2. The van der Waals surface area contributed by atoms with Crippen LogP contribution in [0, 0.1) is 0 Å². The van der Waals surface area contributed by atoms with Crippen LogP contribution in [0.1, 0.15) is 24.3 Å². The van der Waals surface area contributed by atoms with Crippen molar-refractivity contribution in [3.8, 4) is 0 Å². The minimum absolute atomic E-state index is 0.0693. The lowest BCUT2D eigenvalue weighted by Crippen LogP contribution is -2.32. The number of nitrogens with zero attached hydrogens (tertiary/aromatic N) is 5. The molecule has 20 heavy (non-hydrogen) atoms. The van der Waals surface area contributed by atoms with E-state index in [4.69, 9.17) is 0 Å². The minimum atomic E-state index is -0.209. The first kappa shape index (κ1) is 15.9. The second kappa shape index (κ2) is 6.83. The van der Waals surface area contributed by atoms with Crippen LogP contribution >= 0.6 is 0 Å². The van der Waals surface area contributed by atoms with E-state index < -0.39 is 0 Å². The van der Waals surface area contributed by atoms with Gasteiger partial charge in [-0.25, -0.2) is 4.68 Å². The van der Waals surface area contributed by atoms with Crippen molar-refractivity contribution in [2.75, 3.05) is 27.2 Å². The smallest absolute Gasteiger partial charge is 0.276 e. The average molecular weight is 279 g/mol. The predicted molar refractivity (Wildman–Crippen MR) is 75.1 cm³/mol. The zero-order valence-electron chi connectivity index (χ0n) is 12.5. The average Bonchev–Trinajstić information content (AvgIpc) is 2.83. The van der Waals surface area contributed by atoms with Crippen LogP contribution in [0.5, 0.6) is 0 Å². The summed E-state index contributed by atoms with van der Waals surface area (Å²) in [6.45, 7) is 8.67. The predicted octanol–water partition coefficient (Wildman–Crippen LogP) is 0.404. The first-order chi connectivity index (χ1) is 9.35. The van der Waals surface area contributed by atoms with Crippen molar-refractivity contribution in [3.05, 3.63) is 24.0 Å². The molecular weight excluding hydrogens is 258 g/mol. The van der Waals surface area contributed by atoms with Gasteiger partial charge >= 0.3 is 0 Å². The van der Waals surface area contributed by atoms with Crippen molar-refractivity contribution in [2.45, 2.75) is 20.4 Å². The molecular formula is C13H21N5O2. The van der Waals surface area contributed by atoms with Gasteiger partial charge in [-0.2, -0.15) is 0 Å². The first-order valence-corrected chi connectivity index (χ1v) is 6.39. The second-order valence-corrected chi connectivity index (χ2v) is 4.87. The maximum absolute atomic E-state index is 12.2. The Morgan fingerprint density at radius 2 is 2.05 bits per heavy atom. The van der Waals surface area contributed by atoms with Crippen LogP contribution in [0.25, 0.3) is 0 Å². The van der Waals surface area contributed by atoms with Gasteiger partial charge in [-0.15, -0.1) is 5.10 Å². The third kappa shape index (κ3) is 4.18. The normalized spacial score (nSPS) is 10.2. The van der Waals surface area contributed by atoms with Crippen molar-refractivity contribution in [1.82, 2.24) is 24.8 Å². The van der Waals surface area contributed by atoms with E-state index in [1.165, 1.54) is 15.8 Å². The summed E-state index contributed by atoms with van der Waals surface area (Å²) in [5.41, 5.74) is 1.13. The minimum Gasteiger partial charge on any atom is -0.347 e. The monoisotopic (exact) mass is 279 g/mol. The summed E-state index contributed by atoms with van der Waals surface area (Å²) < 4.78 is 1.37. The Bertz CT molecular complexity index is 507. The number of rotatable bonds is 6. The van der Waals surface area contributed by atoms with E-state index in [1.807, 2.05) is 13.8 Å². The van der Waals surface area contributed by atoms with Gasteiger partial charge in [-0.3, -0.25) is 9.59 Å². The number of hydrogen-bond acceptors (Lipinski definition) is 4. The maximum Gasteiger partial charge on any atom is 0.276 e. The fourth-order valence-corrected chi connectivity index (χ4v) is 1.57. The molecule has 2 amide bonds. The Labute approximate surface area is 118 Å². The molecule has 0 fully saturated rings. The van der Waals surface area contributed by atoms with Crippen LogP contribution in [0.2, 0.25) is 0 Å². The van der Waals surface area contributed by atoms with Crippen LogP contribution < -0.4 is 0 Å². The van der Waals surface area contributed by atoms with Crippen LogP contribution in [-0.2, 0) is 11.3 Å². The topological polar surface area (TPSA) is 71.3 Å². The fraction of sp³-hybridized carbons (Fsp3) is 0.538. The zero-order chi connectivity index (χ0) is 15.3. The highest BCUT2D eigenvalue weighted by atomic mass is 16.2. The molecule has 0 radical (unpaired) electrons. The van der Waals surface area contributed by atoms with E-state index in [0.29, 0.717) is 13.1 Å². The second-order valence-electron chi connectivity index (χ2n) is 4.87. The lowest BCUT2D eigenvalue weighted by molar-refractivity contribution is -0.129. The molecule has 0 aliphatic carbocycles. The van der Waals surface area contributed by atoms with Gasteiger partial charge in [0.2, 0.25) is 5.91 Å². The zero-order valence-corrected chi connectivity index (χ0v) is 12.5. The fourth-order valence-electron chi connectivity index (χ4n) is 1.57. The van der Waals surface area contributed by atoms with Gasteiger partial charge in [0.1, 0.15) is 6.54 Å². The Balaban J connectivity index is 2.77. The molecule has 7 heteroatoms. The molecule has 0 unspecified atom stereocenters. The number of aromatic nitrogens is 3. The Morgan fingerprint density at radius 1 is 1.40 bits per heavy atom. The van der Waals surface area contributed by atoms with Gasteiger partial charge in [0, 0.05) is 27.2 Å². The summed E-state index contributed by atoms with van der Waals surface area (Å²) in [5, 5.41) is 7.63. The summed E-state index contributed by atoms with van der Waals surface area (Å²) in [5.74, 6) is -0.317. The van der Waals surface area contributed by atoms with Gasteiger partial charge in [-0.05, 0) is 13.8 Å². The third-order valence-electron chi connectivity index (χ3n) is 2.68. The third-order valence-corrected chi connectivity index (χ3v) is 2.68. The molecule has 110 valence electrons. The molecule has 0 N–H and O–H groups in total. The standard InChI is InChI=1S/C13H21N5O2/c1-6-17(7-10(2)3)13(20)11-8-18(15-14-11)9-12(19)16(4)5/h8H,2,6-7,9H2,1,3-5H3. The molecule has 0 saturated heterocycles. The Kier molecular flexibility index (Phi) is 5.42. The van der Waals surface area contributed by atoms with Crippen LogP contribution in [0.4, 0.5) is 0 Å². The molecule has 1 aromatic rings. The van der Waals surface area contributed by atoms with E-state index in [-0.39, 0.29) is 24.1 Å². The first-order valence-electron chi connectivity index (χ1n) is 6.39. The largest absolute Gasteiger partial charge is 0.347 e. The molecule has 0 aliphatic rings. The number of carbonyl (C=O) groups excluding carboxylic acids is 2. The maximum atomic E-state index is 12.2. The van der Waals surface area contributed by atoms with Crippen molar-refractivity contribution in [2.24, 2.45) is 0 Å². The van der Waals surface area contributed by atoms with Crippen molar-refractivity contribution >= 4 is 11.8 Å². The highest BCUT2D eigenvalue weighted by Crippen LogP contribution is 2.04. The summed E-state index contributed by atoms with van der Waals surface area (Å²) in [6, 6.07) is 0. The van der Waals surface area contributed by atoms with Gasteiger partial charge in [0.25, 0.3) is 5.91 Å². The molecule has 1 rings (SSSR count). The number of hydrogen-bond donors (Lipinski definition) is 0. The highest BCUT2D eigenvalue weighted by molar-refractivity contribution is 5.92. The van der Waals surface area contributed by atoms with E-state index in [1.54, 1.807) is 19.0 Å². The molecule has 0 saturated carbocycles. The van der Waals surface area contributed by atoms with Crippen LogP contribution in [0.15, 0.2) is 18.3 Å². The van der Waals surface area contributed by atoms with Crippen LogP contribution in [-0.4, -0.2) is 63.8 Å². The Morgan fingerprint density at radius 3 is 2.55 bits per heavy atom. The van der Waals surface area contributed by atoms with E-state index in [2.05, 4.69) is 16.9 Å². The molecule has 7 nitrogen and oxygen atoms in total. The molecule has 0 spiro atoms. The number of likely N-dealkylation sites (N-methyl/N-ethyl adjacent to an activating group) is 2. The van der Waals surface area contributed by atoms with Crippen molar-refractivity contribution in [1.29, 1.82) is 0 Å². The van der Waals surface area contributed by atoms with Gasteiger partial charge < -0.3 is 9.80 Å². The molecule has 1 heterocycles. The van der Waals surface area contributed by atoms with E-state index >= 15 is 0 Å². The summed E-state index contributed by atoms with van der Waals surface area (Å²) in [7, 11) is 3.33. The molecule has 1 aromatic heterocycles. The lowest BCUT2D eigenvalue weighted by atomic mass is 10.3. The summed E-state index contributed by atoms with van der Waals surface area (Å²) in [4.78, 5) is 26.9. The SMILES string of the molecule is C=C(C)CN(CC)C(=O)c1cn(CC(=O)N(C)C)nn1. The highest BCUT2D eigenvalue weighted by Gasteiger charge is 2.18. The van der Waals surface area contributed by atoms with E-state index in [9.17, 15) is 9.59 Å². The molecule has 0 atom stereocenters. The molecule has 0 aliphatic heterocycles. The molecule has 0 aromatic carbocycles. The van der Waals surface area contributed by atoms with E-state index in [0.717, 1.165) is 5.57 Å². The number of amides is 2. The summed E-state index contributed by atoms with van der Waals surface area (Å²) >= 11 is 0.